The van der Waals surface area contributed by atoms with Crippen LogP contribution in [0.5, 0.6) is 0 Å². The number of hydrazine groups is 1. The molecule has 0 aliphatic heterocycles. The van der Waals surface area contributed by atoms with Crippen molar-refractivity contribution in [2.24, 2.45) is 5.84 Å². The number of anilines is 1. The van der Waals surface area contributed by atoms with E-state index in [-0.39, 0.29) is 29.0 Å². The van der Waals surface area contributed by atoms with Gasteiger partial charge in [-0.3, -0.25) is 10.1 Å². The standard InChI is InChI=1S/C11H11N5O5/c1-2-21-11(18)15(12)9-7-4-3-6(16(19)20)5-8(7)13-10(17)14-9/h3-5H,2,12H2,1H3,(H,13,14,17). The number of nitrogens with zero attached hydrogens (tertiary/aromatic N) is 3. The Labute approximate surface area is 117 Å². The van der Waals surface area contributed by atoms with E-state index in [2.05, 4.69) is 9.97 Å². The van der Waals surface area contributed by atoms with Crippen molar-refractivity contribution < 1.29 is 14.5 Å². The first kappa shape index (κ1) is 14.4. The molecule has 0 saturated carbocycles. The quantitative estimate of drug-likeness (QED) is 0.366. The molecule has 0 atom stereocenters. The topological polar surface area (TPSA) is 144 Å². The van der Waals surface area contributed by atoms with Crippen LogP contribution < -0.4 is 16.5 Å². The first-order chi connectivity index (χ1) is 9.93. The molecule has 10 heteroatoms. The van der Waals surface area contributed by atoms with Crippen LogP contribution in [0.1, 0.15) is 6.92 Å². The molecule has 10 nitrogen and oxygen atoms in total. The van der Waals surface area contributed by atoms with Crippen molar-refractivity contribution in [1.82, 2.24) is 9.97 Å². The van der Waals surface area contributed by atoms with Crippen LogP contribution in [0.25, 0.3) is 10.9 Å². The number of amides is 1. The van der Waals surface area contributed by atoms with Gasteiger partial charge in [0.25, 0.3) is 5.69 Å². The number of hydrogen-bond acceptors (Lipinski definition) is 7. The molecule has 1 aromatic heterocycles. The minimum atomic E-state index is -0.893. The number of carbonyl (C=O) groups is 1. The molecule has 110 valence electrons. The second-order valence-electron chi connectivity index (χ2n) is 3.92. The van der Waals surface area contributed by atoms with E-state index in [4.69, 9.17) is 10.6 Å². The highest BCUT2D eigenvalue weighted by Gasteiger charge is 2.19. The smallest absolute Gasteiger partial charge is 0.430 e. The van der Waals surface area contributed by atoms with Crippen LogP contribution in [0.15, 0.2) is 23.0 Å². The number of nitrogens with two attached hydrogens (primary N) is 1. The van der Waals surface area contributed by atoms with Gasteiger partial charge in [0.05, 0.1) is 17.0 Å². The molecular weight excluding hydrogens is 282 g/mol. The van der Waals surface area contributed by atoms with Crippen LogP contribution >= 0.6 is 0 Å². The maximum atomic E-state index is 11.6. The Bertz CT molecular complexity index is 771. The summed E-state index contributed by atoms with van der Waals surface area (Å²) in [5.41, 5.74) is -0.869. The van der Waals surface area contributed by atoms with Gasteiger partial charge in [-0.05, 0) is 13.0 Å². The zero-order valence-electron chi connectivity index (χ0n) is 10.9. The molecule has 1 aromatic carbocycles. The molecule has 1 heterocycles. The number of nitrogens with one attached hydrogen (secondary N) is 1. The van der Waals surface area contributed by atoms with E-state index in [0.29, 0.717) is 5.01 Å². The van der Waals surface area contributed by atoms with E-state index in [1.54, 1.807) is 6.92 Å². The summed E-state index contributed by atoms with van der Waals surface area (Å²) >= 11 is 0. The predicted molar refractivity (Wildman–Crippen MR) is 72.7 cm³/mol. The number of nitro groups is 1. The number of aromatic nitrogens is 2. The number of non-ortho nitro benzene ring substituents is 1. The molecule has 0 unspecified atom stereocenters. The van der Waals surface area contributed by atoms with Gasteiger partial charge < -0.3 is 9.72 Å². The van der Waals surface area contributed by atoms with Gasteiger partial charge in [0, 0.05) is 17.5 Å². The van der Waals surface area contributed by atoms with Gasteiger partial charge in [-0.2, -0.15) is 9.99 Å². The molecule has 21 heavy (non-hydrogen) atoms. The fourth-order valence-electron chi connectivity index (χ4n) is 1.71. The fourth-order valence-corrected chi connectivity index (χ4v) is 1.71. The number of aromatic amines is 1. The van der Waals surface area contributed by atoms with Crippen LogP contribution in [0.4, 0.5) is 16.3 Å². The zero-order chi connectivity index (χ0) is 15.6. The van der Waals surface area contributed by atoms with Crippen LogP contribution in [0, 0.1) is 10.1 Å². The summed E-state index contributed by atoms with van der Waals surface area (Å²) < 4.78 is 4.71. The lowest BCUT2D eigenvalue weighted by Crippen LogP contribution is -2.39. The number of ether oxygens (including phenoxy) is 1. The Balaban J connectivity index is 2.61. The molecular formula is C11H11N5O5. The second kappa shape index (κ2) is 5.54. The first-order valence-electron chi connectivity index (χ1n) is 5.84. The maximum absolute atomic E-state index is 11.6. The number of nitro benzene ring substituents is 1. The summed E-state index contributed by atoms with van der Waals surface area (Å²) in [6.07, 6.45) is -0.893. The Kier molecular flexibility index (Phi) is 3.80. The van der Waals surface area contributed by atoms with E-state index in [0.717, 1.165) is 6.07 Å². The van der Waals surface area contributed by atoms with Crippen LogP contribution in [-0.4, -0.2) is 27.6 Å². The molecule has 1 amide bonds. The van der Waals surface area contributed by atoms with Gasteiger partial charge in [-0.25, -0.2) is 15.4 Å². The number of fused-ring (bicyclic) bond motifs is 1. The Hall–Kier alpha value is -3.01. The van der Waals surface area contributed by atoms with Gasteiger partial charge in [0.1, 0.15) is 0 Å². The van der Waals surface area contributed by atoms with E-state index in [9.17, 15) is 19.7 Å². The largest absolute Gasteiger partial charge is 0.448 e. The maximum Gasteiger partial charge on any atom is 0.430 e. The lowest BCUT2D eigenvalue weighted by molar-refractivity contribution is -0.384. The number of carbonyl (C=O) groups excluding carboxylic acids is 1. The lowest BCUT2D eigenvalue weighted by Gasteiger charge is -2.15. The van der Waals surface area contributed by atoms with Crippen molar-refractivity contribution in [3.05, 3.63) is 38.8 Å². The van der Waals surface area contributed by atoms with Crippen LogP contribution in [0.2, 0.25) is 0 Å². The minimum absolute atomic E-state index is 0.0964. The van der Waals surface area contributed by atoms with Gasteiger partial charge in [-0.1, -0.05) is 0 Å². The molecule has 0 bridgehead atoms. The van der Waals surface area contributed by atoms with Crippen molar-refractivity contribution in [3.63, 3.8) is 0 Å². The van der Waals surface area contributed by atoms with Crippen molar-refractivity contribution in [1.29, 1.82) is 0 Å². The molecule has 0 fully saturated rings. The highest BCUT2D eigenvalue weighted by molar-refractivity contribution is 5.97. The fraction of sp³-hybridized carbons (Fsp3) is 0.182. The van der Waals surface area contributed by atoms with E-state index in [1.807, 2.05) is 0 Å². The van der Waals surface area contributed by atoms with Crippen LogP contribution in [0.3, 0.4) is 0 Å². The third-order valence-electron chi connectivity index (χ3n) is 2.60. The second-order valence-corrected chi connectivity index (χ2v) is 3.92. The molecule has 2 aromatic rings. The van der Waals surface area contributed by atoms with E-state index >= 15 is 0 Å². The van der Waals surface area contributed by atoms with Crippen molar-refractivity contribution >= 4 is 28.5 Å². The van der Waals surface area contributed by atoms with Crippen molar-refractivity contribution in [3.8, 4) is 0 Å². The Morgan fingerprint density at radius 1 is 1.57 bits per heavy atom. The summed E-state index contributed by atoms with van der Waals surface area (Å²) in [7, 11) is 0. The summed E-state index contributed by atoms with van der Waals surface area (Å²) in [6.45, 7) is 1.69. The number of H-pyrrole nitrogens is 1. The summed E-state index contributed by atoms with van der Waals surface area (Å²) in [4.78, 5) is 39.2. The predicted octanol–water partition coefficient (Wildman–Crippen LogP) is 0.668. The molecule has 2 rings (SSSR count). The number of benzene rings is 1. The normalized spacial score (nSPS) is 10.4. The van der Waals surface area contributed by atoms with Crippen molar-refractivity contribution in [2.45, 2.75) is 6.92 Å². The average molecular weight is 293 g/mol. The molecule has 0 aliphatic rings. The molecule has 3 N–H and O–H groups in total. The van der Waals surface area contributed by atoms with Gasteiger partial charge in [0.2, 0.25) is 0 Å². The molecule has 0 saturated heterocycles. The summed E-state index contributed by atoms with van der Waals surface area (Å²) in [5.74, 6) is 5.42. The highest BCUT2D eigenvalue weighted by Crippen LogP contribution is 2.24. The number of hydrogen-bond donors (Lipinski definition) is 2. The monoisotopic (exact) mass is 293 g/mol. The Morgan fingerprint density at radius 2 is 2.29 bits per heavy atom. The molecule has 0 radical (unpaired) electrons. The van der Waals surface area contributed by atoms with E-state index < -0.39 is 16.7 Å². The minimum Gasteiger partial charge on any atom is -0.448 e. The third kappa shape index (κ3) is 2.79. The zero-order valence-corrected chi connectivity index (χ0v) is 10.9. The lowest BCUT2D eigenvalue weighted by atomic mass is 10.2. The van der Waals surface area contributed by atoms with E-state index in [1.165, 1.54) is 12.1 Å². The third-order valence-corrected chi connectivity index (χ3v) is 2.60. The SMILES string of the molecule is CCOC(=O)N(N)c1nc(=O)[nH]c2cc([N+](=O)[O-])ccc12. The van der Waals surface area contributed by atoms with Crippen LogP contribution in [-0.2, 0) is 4.74 Å². The van der Waals surface area contributed by atoms with Gasteiger partial charge in [0.15, 0.2) is 5.82 Å². The first-order valence-corrected chi connectivity index (χ1v) is 5.84. The molecule has 0 aliphatic carbocycles. The average Bonchev–Trinajstić information content (AvgIpc) is 2.45. The van der Waals surface area contributed by atoms with Gasteiger partial charge in [-0.15, -0.1) is 0 Å². The summed E-state index contributed by atoms with van der Waals surface area (Å²) in [5, 5.41) is 11.6. The summed E-state index contributed by atoms with van der Waals surface area (Å²) in [6, 6.07) is 3.70. The Morgan fingerprint density at radius 3 is 2.90 bits per heavy atom. The van der Waals surface area contributed by atoms with Gasteiger partial charge >= 0.3 is 11.8 Å². The molecule has 0 spiro atoms. The number of rotatable bonds is 3. The highest BCUT2D eigenvalue weighted by atomic mass is 16.6. The van der Waals surface area contributed by atoms with Crippen molar-refractivity contribution in [2.75, 3.05) is 11.6 Å².